The molecule has 2 heterocycles. The number of H-pyrrole nitrogens is 1. The van der Waals surface area contributed by atoms with Gasteiger partial charge in [0.1, 0.15) is 0 Å². The maximum atomic E-state index is 5.95. The molecule has 2 aromatic rings. The zero-order chi connectivity index (χ0) is 14.9. The van der Waals surface area contributed by atoms with Crippen molar-refractivity contribution < 1.29 is 0 Å². The number of hydrogen-bond acceptors (Lipinski definition) is 3. The molecule has 0 bridgehead atoms. The fraction of sp³-hybridized carbons (Fsp3) is 0.438. The molecule has 0 aliphatic carbocycles. The third-order valence-corrected chi connectivity index (χ3v) is 4.63. The van der Waals surface area contributed by atoms with Gasteiger partial charge in [-0.2, -0.15) is 5.10 Å². The van der Waals surface area contributed by atoms with Gasteiger partial charge in [0.15, 0.2) is 0 Å². The van der Waals surface area contributed by atoms with Crippen LogP contribution in [-0.2, 0) is 6.54 Å². The highest BCUT2D eigenvalue weighted by Gasteiger charge is 2.32. The van der Waals surface area contributed by atoms with E-state index in [1.165, 1.54) is 5.56 Å². The number of hydrogen-bond donors (Lipinski definition) is 2. The van der Waals surface area contributed by atoms with Crippen molar-refractivity contribution in [2.24, 2.45) is 11.1 Å². The number of aromatic nitrogens is 2. The quantitative estimate of drug-likeness (QED) is 0.913. The van der Waals surface area contributed by atoms with Crippen molar-refractivity contribution in [3.63, 3.8) is 0 Å². The number of benzene rings is 1. The molecule has 0 radical (unpaired) electrons. The Hall–Kier alpha value is -1.36. The fourth-order valence-corrected chi connectivity index (χ4v) is 3.09. The van der Waals surface area contributed by atoms with Crippen LogP contribution in [0.25, 0.3) is 11.3 Å². The Labute approximate surface area is 130 Å². The van der Waals surface area contributed by atoms with Crippen molar-refractivity contribution >= 4 is 11.6 Å². The van der Waals surface area contributed by atoms with E-state index in [1.807, 2.05) is 30.5 Å². The average molecular weight is 305 g/mol. The van der Waals surface area contributed by atoms with Crippen molar-refractivity contribution in [2.45, 2.75) is 19.9 Å². The lowest BCUT2D eigenvalue weighted by atomic mass is 9.90. The van der Waals surface area contributed by atoms with Gasteiger partial charge in [-0.15, -0.1) is 0 Å². The van der Waals surface area contributed by atoms with Gasteiger partial charge in [0.25, 0.3) is 0 Å². The van der Waals surface area contributed by atoms with Crippen LogP contribution >= 0.6 is 11.6 Å². The minimum atomic E-state index is 0.254. The second-order valence-corrected chi connectivity index (χ2v) is 6.69. The molecule has 1 aliphatic rings. The maximum absolute atomic E-state index is 5.95. The summed E-state index contributed by atoms with van der Waals surface area (Å²) in [7, 11) is 0. The van der Waals surface area contributed by atoms with E-state index < -0.39 is 0 Å². The Kier molecular flexibility index (Phi) is 4.02. The molecule has 4 nitrogen and oxygen atoms in total. The van der Waals surface area contributed by atoms with Crippen molar-refractivity contribution in [2.75, 3.05) is 19.6 Å². The van der Waals surface area contributed by atoms with Crippen molar-refractivity contribution in [3.05, 3.63) is 41.0 Å². The molecule has 1 fully saturated rings. The zero-order valence-corrected chi connectivity index (χ0v) is 13.0. The Morgan fingerprint density at radius 2 is 2.14 bits per heavy atom. The highest BCUT2D eigenvalue weighted by Crippen LogP contribution is 2.31. The summed E-state index contributed by atoms with van der Waals surface area (Å²) in [6.45, 7) is 6.07. The van der Waals surface area contributed by atoms with Crippen LogP contribution in [0.15, 0.2) is 30.5 Å². The Bertz CT molecular complexity index is 607. The maximum Gasteiger partial charge on any atom is 0.0695 e. The van der Waals surface area contributed by atoms with Crippen LogP contribution in [-0.4, -0.2) is 34.7 Å². The SMILES string of the molecule is CC1(CN)CCN(Cc2cn[nH]c2-c2ccc(Cl)cc2)C1. The monoisotopic (exact) mass is 304 g/mol. The molecule has 21 heavy (non-hydrogen) atoms. The third kappa shape index (κ3) is 3.12. The molecule has 0 spiro atoms. The highest BCUT2D eigenvalue weighted by atomic mass is 35.5. The number of halogens is 1. The number of nitrogens with zero attached hydrogens (tertiary/aromatic N) is 2. The molecule has 1 aromatic heterocycles. The van der Waals surface area contributed by atoms with Gasteiger partial charge in [-0.25, -0.2) is 0 Å². The molecule has 0 amide bonds. The zero-order valence-electron chi connectivity index (χ0n) is 12.3. The molecule has 1 atom stereocenters. The summed E-state index contributed by atoms with van der Waals surface area (Å²) in [6, 6.07) is 7.85. The van der Waals surface area contributed by atoms with Gasteiger partial charge < -0.3 is 5.73 Å². The standard InChI is InChI=1S/C16H21ClN4/c1-16(10-18)6-7-21(11-16)9-13-8-19-20-15(13)12-2-4-14(17)5-3-12/h2-5,8H,6-7,9-11,18H2,1H3,(H,19,20). The molecule has 1 unspecified atom stereocenters. The summed E-state index contributed by atoms with van der Waals surface area (Å²) in [5, 5.41) is 8.06. The lowest BCUT2D eigenvalue weighted by Crippen LogP contribution is -2.31. The lowest BCUT2D eigenvalue weighted by Gasteiger charge is -2.22. The smallest absolute Gasteiger partial charge is 0.0695 e. The first-order valence-electron chi connectivity index (χ1n) is 7.30. The van der Waals surface area contributed by atoms with Gasteiger partial charge in [0.2, 0.25) is 0 Å². The molecule has 1 aromatic carbocycles. The molecule has 5 heteroatoms. The van der Waals surface area contributed by atoms with Crippen LogP contribution in [0.2, 0.25) is 5.02 Å². The minimum absolute atomic E-state index is 0.254. The number of nitrogens with one attached hydrogen (secondary N) is 1. The van der Waals surface area contributed by atoms with Crippen molar-refractivity contribution in [1.29, 1.82) is 0 Å². The first-order chi connectivity index (χ1) is 10.1. The van der Waals surface area contributed by atoms with E-state index in [9.17, 15) is 0 Å². The predicted octanol–water partition coefficient (Wildman–Crippen LogP) is 2.90. The number of nitrogens with two attached hydrogens (primary N) is 1. The van der Waals surface area contributed by atoms with Crippen LogP contribution in [0.1, 0.15) is 18.9 Å². The molecule has 1 aliphatic heterocycles. The minimum Gasteiger partial charge on any atom is -0.330 e. The summed E-state index contributed by atoms with van der Waals surface area (Å²) in [4.78, 5) is 2.46. The lowest BCUT2D eigenvalue weighted by molar-refractivity contribution is 0.275. The number of aromatic amines is 1. The van der Waals surface area contributed by atoms with E-state index in [1.54, 1.807) is 0 Å². The van der Waals surface area contributed by atoms with E-state index in [2.05, 4.69) is 22.0 Å². The number of likely N-dealkylation sites (tertiary alicyclic amines) is 1. The summed E-state index contributed by atoms with van der Waals surface area (Å²) in [6.07, 6.45) is 3.08. The molecular formula is C16H21ClN4. The number of rotatable bonds is 4. The highest BCUT2D eigenvalue weighted by molar-refractivity contribution is 6.30. The summed E-state index contributed by atoms with van der Waals surface area (Å²) < 4.78 is 0. The van der Waals surface area contributed by atoms with E-state index in [-0.39, 0.29) is 5.41 Å². The molecule has 3 N–H and O–H groups in total. The Balaban J connectivity index is 1.76. The van der Waals surface area contributed by atoms with Crippen LogP contribution in [0.5, 0.6) is 0 Å². The van der Waals surface area contributed by atoms with Crippen LogP contribution in [0.3, 0.4) is 0 Å². The first kappa shape index (κ1) is 14.6. The normalized spacial score (nSPS) is 22.8. The van der Waals surface area contributed by atoms with E-state index in [0.29, 0.717) is 0 Å². The van der Waals surface area contributed by atoms with Crippen LogP contribution in [0.4, 0.5) is 0 Å². The first-order valence-corrected chi connectivity index (χ1v) is 7.68. The van der Waals surface area contributed by atoms with Gasteiger partial charge in [0.05, 0.1) is 11.9 Å². The van der Waals surface area contributed by atoms with Crippen LogP contribution < -0.4 is 5.73 Å². The predicted molar refractivity (Wildman–Crippen MR) is 86.1 cm³/mol. The Morgan fingerprint density at radius 1 is 1.38 bits per heavy atom. The average Bonchev–Trinajstić information content (AvgIpc) is 3.08. The van der Waals surface area contributed by atoms with Crippen molar-refractivity contribution in [1.82, 2.24) is 15.1 Å². The molecule has 0 saturated carbocycles. The second kappa shape index (κ2) is 5.79. The van der Waals surface area contributed by atoms with Gasteiger partial charge in [-0.3, -0.25) is 10.00 Å². The van der Waals surface area contributed by atoms with Gasteiger partial charge >= 0.3 is 0 Å². The molecule has 1 saturated heterocycles. The topological polar surface area (TPSA) is 57.9 Å². The largest absolute Gasteiger partial charge is 0.330 e. The summed E-state index contributed by atoms with van der Waals surface area (Å²) >= 11 is 5.95. The van der Waals surface area contributed by atoms with Gasteiger partial charge in [-0.1, -0.05) is 30.7 Å². The van der Waals surface area contributed by atoms with Crippen molar-refractivity contribution in [3.8, 4) is 11.3 Å². The third-order valence-electron chi connectivity index (χ3n) is 4.37. The molecular weight excluding hydrogens is 284 g/mol. The summed E-state index contributed by atoms with van der Waals surface area (Å²) in [5.74, 6) is 0. The van der Waals surface area contributed by atoms with Gasteiger partial charge in [0, 0.05) is 23.7 Å². The summed E-state index contributed by atoms with van der Waals surface area (Å²) in [5.41, 5.74) is 9.55. The van der Waals surface area contributed by atoms with E-state index >= 15 is 0 Å². The van der Waals surface area contributed by atoms with E-state index in [4.69, 9.17) is 17.3 Å². The van der Waals surface area contributed by atoms with Gasteiger partial charge in [-0.05, 0) is 42.6 Å². The van der Waals surface area contributed by atoms with Crippen LogP contribution in [0, 0.1) is 5.41 Å². The molecule has 3 rings (SSSR count). The van der Waals surface area contributed by atoms with E-state index in [0.717, 1.165) is 48.9 Å². The molecule has 112 valence electrons. The fourth-order valence-electron chi connectivity index (χ4n) is 2.97. The second-order valence-electron chi connectivity index (χ2n) is 6.25. The Morgan fingerprint density at radius 3 is 2.81 bits per heavy atom.